The number of aryl methyl sites for hydroxylation is 1. The molecular formula is C17H22N4O. The highest BCUT2D eigenvalue weighted by atomic mass is 16.2. The number of urea groups is 1. The second-order valence-corrected chi connectivity index (χ2v) is 6.05. The Bertz CT molecular complexity index is 633. The molecule has 1 aromatic heterocycles. The quantitative estimate of drug-likeness (QED) is 0.922. The number of nitrogens with zero attached hydrogens (tertiary/aromatic N) is 3. The first-order valence-electron chi connectivity index (χ1n) is 7.67. The van der Waals surface area contributed by atoms with Crippen LogP contribution in [0.4, 0.5) is 4.79 Å². The number of carbonyl (C=O) groups excluding carboxylic acids is 1. The average Bonchev–Trinajstić information content (AvgIpc) is 3.28. The van der Waals surface area contributed by atoms with Crippen LogP contribution in [-0.2, 0) is 13.6 Å². The van der Waals surface area contributed by atoms with E-state index in [1.165, 1.54) is 18.4 Å². The topological polar surface area (TPSA) is 50.2 Å². The number of benzene rings is 1. The molecule has 1 N–H and O–H groups in total. The Balaban J connectivity index is 1.63. The third-order valence-corrected chi connectivity index (χ3v) is 4.06. The molecule has 3 rings (SSSR count). The van der Waals surface area contributed by atoms with Gasteiger partial charge in [-0.2, -0.15) is 5.10 Å². The van der Waals surface area contributed by atoms with Gasteiger partial charge in [-0.25, -0.2) is 4.79 Å². The summed E-state index contributed by atoms with van der Waals surface area (Å²) in [6.45, 7) is 0.561. The van der Waals surface area contributed by atoms with Crippen LogP contribution < -0.4 is 5.32 Å². The van der Waals surface area contributed by atoms with Gasteiger partial charge in [0.25, 0.3) is 0 Å². The average molecular weight is 298 g/mol. The lowest BCUT2D eigenvalue weighted by atomic mass is 10.0. The van der Waals surface area contributed by atoms with Gasteiger partial charge in [-0.05, 0) is 24.3 Å². The van der Waals surface area contributed by atoms with Crippen molar-refractivity contribution in [3.05, 3.63) is 53.9 Å². The standard InChI is InChI=1S/C17H22N4O/c1-20(11-13-10-18-21(2)12-13)17(22)19-16(15-8-9-15)14-6-4-3-5-7-14/h3-7,10,12,15-16H,8-9,11H2,1-2H3,(H,19,22)/t16-/m1/s1. The molecule has 1 aromatic carbocycles. The molecule has 22 heavy (non-hydrogen) atoms. The van der Waals surface area contributed by atoms with E-state index in [4.69, 9.17) is 0 Å². The van der Waals surface area contributed by atoms with E-state index >= 15 is 0 Å². The van der Waals surface area contributed by atoms with Crippen molar-refractivity contribution >= 4 is 6.03 Å². The summed E-state index contributed by atoms with van der Waals surface area (Å²) in [5.41, 5.74) is 2.22. The molecule has 0 unspecified atom stereocenters. The van der Waals surface area contributed by atoms with E-state index in [0.29, 0.717) is 12.5 Å². The van der Waals surface area contributed by atoms with E-state index in [2.05, 4.69) is 22.5 Å². The van der Waals surface area contributed by atoms with Crippen molar-refractivity contribution in [3.63, 3.8) is 0 Å². The predicted octanol–water partition coefficient (Wildman–Crippen LogP) is 2.71. The fraction of sp³-hybridized carbons (Fsp3) is 0.412. The van der Waals surface area contributed by atoms with Crippen LogP contribution in [0, 0.1) is 5.92 Å². The van der Waals surface area contributed by atoms with Gasteiger partial charge in [-0.15, -0.1) is 0 Å². The summed E-state index contributed by atoms with van der Waals surface area (Å²) in [5.74, 6) is 0.568. The normalized spacial score (nSPS) is 15.4. The van der Waals surface area contributed by atoms with Crippen LogP contribution in [0.25, 0.3) is 0 Å². The molecule has 1 saturated carbocycles. The Hall–Kier alpha value is -2.30. The van der Waals surface area contributed by atoms with Crippen LogP contribution in [-0.4, -0.2) is 27.8 Å². The molecule has 1 fully saturated rings. The van der Waals surface area contributed by atoms with E-state index in [0.717, 1.165) is 5.56 Å². The van der Waals surface area contributed by atoms with Crippen molar-refractivity contribution in [2.45, 2.75) is 25.4 Å². The predicted molar refractivity (Wildman–Crippen MR) is 85.1 cm³/mol. The smallest absolute Gasteiger partial charge is 0.317 e. The summed E-state index contributed by atoms with van der Waals surface area (Å²) in [7, 11) is 3.69. The second-order valence-electron chi connectivity index (χ2n) is 6.05. The van der Waals surface area contributed by atoms with Crippen molar-refractivity contribution in [2.75, 3.05) is 7.05 Å². The zero-order valence-corrected chi connectivity index (χ0v) is 13.1. The Morgan fingerprint density at radius 2 is 2.14 bits per heavy atom. The van der Waals surface area contributed by atoms with Crippen LogP contribution in [0.3, 0.4) is 0 Å². The number of amides is 2. The summed E-state index contributed by atoms with van der Waals surface area (Å²) in [4.78, 5) is 14.2. The molecule has 5 nitrogen and oxygen atoms in total. The zero-order valence-electron chi connectivity index (χ0n) is 13.1. The van der Waals surface area contributed by atoms with Crippen LogP contribution in [0.1, 0.15) is 30.0 Å². The van der Waals surface area contributed by atoms with Crippen LogP contribution in [0.5, 0.6) is 0 Å². The summed E-state index contributed by atoms with van der Waals surface area (Å²) >= 11 is 0. The van der Waals surface area contributed by atoms with Crippen molar-refractivity contribution in [3.8, 4) is 0 Å². The lowest BCUT2D eigenvalue weighted by Gasteiger charge is -2.23. The molecule has 0 aliphatic heterocycles. The number of aromatic nitrogens is 2. The van der Waals surface area contributed by atoms with Crippen LogP contribution in [0.15, 0.2) is 42.7 Å². The van der Waals surface area contributed by atoms with Gasteiger partial charge < -0.3 is 10.2 Å². The molecule has 1 atom stereocenters. The number of carbonyl (C=O) groups is 1. The van der Waals surface area contributed by atoms with Gasteiger partial charge in [-0.1, -0.05) is 30.3 Å². The van der Waals surface area contributed by atoms with Gasteiger partial charge in [0.2, 0.25) is 0 Å². The molecule has 0 spiro atoms. The van der Waals surface area contributed by atoms with E-state index in [-0.39, 0.29) is 12.1 Å². The molecule has 5 heteroatoms. The number of nitrogens with one attached hydrogen (secondary N) is 1. The van der Waals surface area contributed by atoms with E-state index in [9.17, 15) is 4.79 Å². The monoisotopic (exact) mass is 298 g/mol. The number of hydrogen-bond donors (Lipinski definition) is 1. The molecule has 116 valence electrons. The van der Waals surface area contributed by atoms with Crippen molar-refractivity contribution in [1.29, 1.82) is 0 Å². The third-order valence-electron chi connectivity index (χ3n) is 4.06. The SMILES string of the molecule is CN(Cc1cnn(C)c1)C(=O)N[C@H](c1ccccc1)C1CC1. The molecule has 2 amide bonds. The van der Waals surface area contributed by atoms with Crippen LogP contribution >= 0.6 is 0 Å². The largest absolute Gasteiger partial charge is 0.331 e. The molecule has 1 aliphatic carbocycles. The van der Waals surface area contributed by atoms with Gasteiger partial charge in [0.1, 0.15) is 0 Å². The maximum atomic E-state index is 12.5. The summed E-state index contributed by atoms with van der Waals surface area (Å²) in [5, 5.41) is 7.32. The first kappa shape index (κ1) is 14.6. The van der Waals surface area contributed by atoms with Gasteiger partial charge in [0, 0.05) is 25.9 Å². The molecular weight excluding hydrogens is 276 g/mol. The lowest BCUT2D eigenvalue weighted by molar-refractivity contribution is 0.201. The van der Waals surface area contributed by atoms with Gasteiger partial charge in [-0.3, -0.25) is 4.68 Å². The number of rotatable bonds is 5. The van der Waals surface area contributed by atoms with E-state index in [1.807, 2.05) is 38.5 Å². The number of hydrogen-bond acceptors (Lipinski definition) is 2. The molecule has 0 radical (unpaired) electrons. The Kier molecular flexibility index (Phi) is 4.13. The summed E-state index contributed by atoms with van der Waals surface area (Å²) < 4.78 is 1.75. The van der Waals surface area contributed by atoms with Gasteiger partial charge in [0.05, 0.1) is 18.8 Å². The third kappa shape index (κ3) is 3.47. The highest BCUT2D eigenvalue weighted by molar-refractivity contribution is 5.74. The molecule has 1 aliphatic rings. The lowest BCUT2D eigenvalue weighted by Crippen LogP contribution is -2.39. The van der Waals surface area contributed by atoms with Crippen molar-refractivity contribution in [2.24, 2.45) is 13.0 Å². The maximum Gasteiger partial charge on any atom is 0.317 e. The van der Waals surface area contributed by atoms with E-state index in [1.54, 1.807) is 15.8 Å². The van der Waals surface area contributed by atoms with Gasteiger partial charge >= 0.3 is 6.03 Å². The van der Waals surface area contributed by atoms with Gasteiger partial charge in [0.15, 0.2) is 0 Å². The molecule has 0 saturated heterocycles. The van der Waals surface area contributed by atoms with Crippen molar-refractivity contribution < 1.29 is 4.79 Å². The summed E-state index contributed by atoms with van der Waals surface area (Å²) in [6, 6.07) is 10.3. The van der Waals surface area contributed by atoms with Crippen molar-refractivity contribution in [1.82, 2.24) is 20.0 Å². The van der Waals surface area contributed by atoms with Crippen LogP contribution in [0.2, 0.25) is 0 Å². The highest BCUT2D eigenvalue weighted by Crippen LogP contribution is 2.40. The first-order chi connectivity index (χ1) is 10.6. The molecule has 1 heterocycles. The molecule has 2 aromatic rings. The Morgan fingerprint density at radius 1 is 1.41 bits per heavy atom. The minimum atomic E-state index is -0.0374. The Labute approximate surface area is 130 Å². The Morgan fingerprint density at radius 3 is 2.73 bits per heavy atom. The zero-order chi connectivity index (χ0) is 15.5. The van der Waals surface area contributed by atoms with E-state index < -0.39 is 0 Å². The first-order valence-corrected chi connectivity index (χ1v) is 7.67. The highest BCUT2D eigenvalue weighted by Gasteiger charge is 2.33. The summed E-state index contributed by atoms with van der Waals surface area (Å²) in [6.07, 6.45) is 6.09. The fourth-order valence-corrected chi connectivity index (χ4v) is 2.71. The minimum absolute atomic E-state index is 0.0374. The molecule has 0 bridgehead atoms. The fourth-order valence-electron chi connectivity index (χ4n) is 2.71. The minimum Gasteiger partial charge on any atom is -0.331 e. The second kappa shape index (κ2) is 6.22. The maximum absolute atomic E-state index is 12.5.